The van der Waals surface area contributed by atoms with Gasteiger partial charge in [-0.1, -0.05) is 109 Å². The average Bonchev–Trinajstić information content (AvgIpc) is 3.36. The predicted molar refractivity (Wildman–Crippen MR) is 172 cm³/mol. The van der Waals surface area contributed by atoms with Crippen LogP contribution in [0.25, 0.3) is 0 Å². The molecule has 0 bridgehead atoms. The maximum absolute atomic E-state index is 14.8. The Bertz CT molecular complexity index is 1650. The van der Waals surface area contributed by atoms with Gasteiger partial charge < -0.3 is 19.8 Å². The lowest BCUT2D eigenvalue weighted by Crippen LogP contribution is -2.54. The van der Waals surface area contributed by atoms with Crippen LogP contribution in [0.3, 0.4) is 0 Å². The van der Waals surface area contributed by atoms with Gasteiger partial charge in [-0.15, -0.1) is 11.8 Å². The van der Waals surface area contributed by atoms with Crippen LogP contribution in [0.1, 0.15) is 17.2 Å². The highest BCUT2D eigenvalue weighted by atomic mass is 35.5. The van der Waals surface area contributed by atoms with Gasteiger partial charge in [-0.05, 0) is 23.3 Å². The molecule has 3 aromatic carbocycles. The first kappa shape index (κ1) is 28.9. The summed E-state index contributed by atoms with van der Waals surface area (Å²) in [7, 11) is 0. The molecule has 9 heteroatoms. The Balaban J connectivity index is 1.35. The monoisotopic (exact) mass is 625 g/mol. The number of para-hydroxylation sites is 1. The SMILES string of the molecule is O=C1[C@@H]2[C@H](C=CCN1Cc1ccccc1)S[C@]13C=CCN(c4ccccc4Cl)C(=O)C1N([C@H](CO)c1ccccc1)C(=O)[C@H]23. The minimum absolute atomic E-state index is 0.0968. The van der Waals surface area contributed by atoms with Gasteiger partial charge >= 0.3 is 0 Å². The van der Waals surface area contributed by atoms with Crippen LogP contribution in [0.2, 0.25) is 5.02 Å². The molecule has 7 rings (SSSR count). The van der Waals surface area contributed by atoms with Gasteiger partial charge in [0.2, 0.25) is 11.8 Å². The zero-order valence-corrected chi connectivity index (χ0v) is 25.5. The molecule has 1 spiro atoms. The molecular weight excluding hydrogens is 594 g/mol. The smallest absolute Gasteiger partial charge is 0.251 e. The number of carbonyl (C=O) groups is 3. The minimum atomic E-state index is -1.02. The lowest BCUT2D eigenvalue weighted by molar-refractivity contribution is -0.145. The molecule has 3 aromatic rings. The summed E-state index contributed by atoms with van der Waals surface area (Å²) in [4.78, 5) is 49.1. The zero-order valence-electron chi connectivity index (χ0n) is 23.9. The standard InChI is InChI=1S/C35H32ClN3O4S/c36-25-15-7-8-16-26(25)38-20-10-18-35-30(33(42)39(31(35)34(38)43)27(22-40)24-13-5-2-6-14-24)29-28(44-35)17-9-19-37(32(29)41)21-23-11-3-1-4-12-23/h1-18,27-31,40H,19-22H2/t27-,28+,29-,30+,31?,35+/m1/s1. The minimum Gasteiger partial charge on any atom is -0.394 e. The molecule has 1 unspecified atom stereocenters. The number of hydrogen-bond acceptors (Lipinski definition) is 5. The average molecular weight is 626 g/mol. The summed E-state index contributed by atoms with van der Waals surface area (Å²) in [5.74, 6) is -2.13. The van der Waals surface area contributed by atoms with Gasteiger partial charge in [-0.2, -0.15) is 0 Å². The number of halogens is 1. The molecule has 4 aliphatic heterocycles. The third-order valence-corrected chi connectivity index (χ3v) is 11.3. The molecule has 1 N–H and O–H groups in total. The fourth-order valence-corrected chi connectivity index (χ4v) is 9.56. The fourth-order valence-electron chi connectivity index (χ4n) is 7.33. The van der Waals surface area contributed by atoms with Crippen molar-refractivity contribution in [3.8, 4) is 0 Å². The zero-order chi connectivity index (χ0) is 30.4. The molecule has 2 saturated heterocycles. The van der Waals surface area contributed by atoms with Crippen LogP contribution in [-0.4, -0.2) is 68.4 Å². The van der Waals surface area contributed by atoms with Crippen LogP contribution < -0.4 is 4.90 Å². The molecule has 3 amide bonds. The van der Waals surface area contributed by atoms with Crippen molar-refractivity contribution >= 4 is 46.8 Å². The maximum Gasteiger partial charge on any atom is 0.251 e. The molecule has 6 atom stereocenters. The topological polar surface area (TPSA) is 81.2 Å². The van der Waals surface area contributed by atoms with E-state index in [1.165, 1.54) is 11.8 Å². The van der Waals surface area contributed by atoms with E-state index in [-0.39, 0.29) is 36.1 Å². The van der Waals surface area contributed by atoms with E-state index in [4.69, 9.17) is 11.6 Å². The normalized spacial score (nSPS) is 28.4. The number of benzene rings is 3. The second-order valence-electron chi connectivity index (χ2n) is 11.6. The number of aliphatic hydroxyl groups excluding tert-OH is 1. The molecule has 0 aromatic heterocycles. The lowest BCUT2D eigenvalue weighted by atomic mass is 9.78. The second-order valence-corrected chi connectivity index (χ2v) is 13.5. The largest absolute Gasteiger partial charge is 0.394 e. The summed E-state index contributed by atoms with van der Waals surface area (Å²) in [6.45, 7) is 0.771. The molecule has 224 valence electrons. The summed E-state index contributed by atoms with van der Waals surface area (Å²) in [6.07, 6.45) is 7.95. The van der Waals surface area contributed by atoms with Gasteiger partial charge in [0, 0.05) is 24.9 Å². The number of likely N-dealkylation sites (tertiary alicyclic amines) is 1. The first-order valence-electron chi connectivity index (χ1n) is 14.8. The number of thioether (sulfide) groups is 1. The number of nitrogens with zero attached hydrogens (tertiary/aromatic N) is 3. The van der Waals surface area contributed by atoms with Crippen molar-refractivity contribution in [3.05, 3.63) is 125 Å². The van der Waals surface area contributed by atoms with E-state index in [2.05, 4.69) is 0 Å². The van der Waals surface area contributed by atoms with Crippen molar-refractivity contribution in [2.75, 3.05) is 24.6 Å². The van der Waals surface area contributed by atoms with E-state index in [9.17, 15) is 19.5 Å². The van der Waals surface area contributed by atoms with E-state index in [0.717, 1.165) is 11.1 Å². The Morgan fingerprint density at radius 1 is 0.864 bits per heavy atom. The summed E-state index contributed by atoms with van der Waals surface area (Å²) in [5, 5.41) is 10.9. The van der Waals surface area contributed by atoms with E-state index in [1.807, 2.05) is 97.1 Å². The highest BCUT2D eigenvalue weighted by Gasteiger charge is 2.72. The van der Waals surface area contributed by atoms with Crippen molar-refractivity contribution in [1.29, 1.82) is 0 Å². The molecule has 0 aliphatic carbocycles. The maximum atomic E-state index is 14.8. The summed E-state index contributed by atoms with van der Waals surface area (Å²) in [6, 6.07) is 24.6. The summed E-state index contributed by atoms with van der Waals surface area (Å²) >= 11 is 8.12. The van der Waals surface area contributed by atoms with Crippen LogP contribution >= 0.6 is 23.4 Å². The second kappa shape index (κ2) is 11.6. The van der Waals surface area contributed by atoms with Crippen molar-refractivity contribution < 1.29 is 19.5 Å². The van der Waals surface area contributed by atoms with E-state index in [0.29, 0.717) is 23.8 Å². The van der Waals surface area contributed by atoms with E-state index >= 15 is 0 Å². The van der Waals surface area contributed by atoms with Crippen LogP contribution in [-0.2, 0) is 20.9 Å². The highest BCUT2D eigenvalue weighted by Crippen LogP contribution is 2.62. The third kappa shape index (κ3) is 4.59. The Hall–Kier alpha value is -3.85. The lowest BCUT2D eigenvalue weighted by Gasteiger charge is -2.38. The first-order chi connectivity index (χ1) is 21.4. The number of anilines is 1. The fraction of sp³-hybridized carbons (Fsp3) is 0.286. The predicted octanol–water partition coefficient (Wildman–Crippen LogP) is 4.87. The molecule has 7 nitrogen and oxygen atoms in total. The van der Waals surface area contributed by atoms with Gasteiger partial charge in [0.05, 0.1) is 39.9 Å². The Morgan fingerprint density at radius 3 is 2.30 bits per heavy atom. The molecule has 2 fully saturated rings. The van der Waals surface area contributed by atoms with Gasteiger partial charge in [-0.25, -0.2) is 0 Å². The van der Waals surface area contributed by atoms with Crippen molar-refractivity contribution in [2.24, 2.45) is 11.8 Å². The van der Waals surface area contributed by atoms with Gasteiger partial charge in [0.1, 0.15) is 6.04 Å². The van der Waals surface area contributed by atoms with Crippen LogP contribution in [0.4, 0.5) is 5.69 Å². The van der Waals surface area contributed by atoms with E-state index < -0.39 is 28.7 Å². The van der Waals surface area contributed by atoms with Gasteiger partial charge in [-0.3, -0.25) is 14.4 Å². The molecule has 0 saturated carbocycles. The van der Waals surface area contributed by atoms with Crippen LogP contribution in [0, 0.1) is 11.8 Å². The Morgan fingerprint density at radius 2 is 1.57 bits per heavy atom. The quantitative estimate of drug-likeness (QED) is 0.396. The first-order valence-corrected chi connectivity index (χ1v) is 16.1. The highest BCUT2D eigenvalue weighted by molar-refractivity contribution is 8.02. The third-order valence-electron chi connectivity index (χ3n) is 9.23. The number of amides is 3. The molecule has 0 radical (unpaired) electrons. The number of aliphatic hydroxyl groups is 1. The molecule has 4 aliphatic rings. The van der Waals surface area contributed by atoms with Gasteiger partial charge in [0.25, 0.3) is 5.91 Å². The van der Waals surface area contributed by atoms with E-state index in [1.54, 1.807) is 26.8 Å². The number of rotatable bonds is 6. The van der Waals surface area contributed by atoms with Gasteiger partial charge in [0.15, 0.2) is 0 Å². The van der Waals surface area contributed by atoms with Crippen molar-refractivity contribution in [3.63, 3.8) is 0 Å². The molecule has 4 heterocycles. The van der Waals surface area contributed by atoms with Crippen LogP contribution in [0.15, 0.2) is 109 Å². The van der Waals surface area contributed by atoms with Crippen molar-refractivity contribution in [1.82, 2.24) is 9.80 Å². The summed E-state index contributed by atoms with van der Waals surface area (Å²) in [5.41, 5.74) is 2.29. The number of carbonyl (C=O) groups excluding carboxylic acids is 3. The van der Waals surface area contributed by atoms with Crippen molar-refractivity contribution in [2.45, 2.75) is 28.6 Å². The molecular formula is C35H32ClN3O4S. The number of fused-ring (bicyclic) bond motifs is 2. The molecule has 44 heavy (non-hydrogen) atoms. The number of hydrogen-bond donors (Lipinski definition) is 1. The Kier molecular flexibility index (Phi) is 7.60. The van der Waals surface area contributed by atoms with Crippen LogP contribution in [0.5, 0.6) is 0 Å². The Labute approximate surface area is 265 Å². The summed E-state index contributed by atoms with van der Waals surface area (Å²) < 4.78 is -1.02.